The Bertz CT molecular complexity index is 1130. The van der Waals surface area contributed by atoms with E-state index in [-0.39, 0.29) is 16.7 Å². The molecule has 2 aromatic carbocycles. The van der Waals surface area contributed by atoms with Crippen LogP contribution in [0.5, 0.6) is 17.2 Å². The Balaban J connectivity index is 2.05. The summed E-state index contributed by atoms with van der Waals surface area (Å²) < 4.78 is 16.0. The van der Waals surface area contributed by atoms with Gasteiger partial charge in [0.2, 0.25) is 11.7 Å². The van der Waals surface area contributed by atoms with E-state index in [0.29, 0.717) is 29.5 Å². The minimum atomic E-state index is -1.00. The van der Waals surface area contributed by atoms with Crippen LogP contribution >= 0.6 is 0 Å². The molecule has 0 saturated carbocycles. The lowest BCUT2D eigenvalue weighted by Crippen LogP contribution is -2.23. The SMILES string of the molecule is COc1cc2[nH]c(N(C)Cc3cccc(C(=O)O)c3)nc(=O)c2c(OC)c1OC. The highest BCUT2D eigenvalue weighted by molar-refractivity contribution is 5.90. The smallest absolute Gasteiger partial charge is 0.335 e. The Morgan fingerprint density at radius 1 is 1.14 bits per heavy atom. The van der Waals surface area contributed by atoms with Crippen molar-refractivity contribution in [3.63, 3.8) is 0 Å². The van der Waals surface area contributed by atoms with Crippen molar-refractivity contribution in [2.45, 2.75) is 6.54 Å². The Labute approximate surface area is 166 Å². The van der Waals surface area contributed by atoms with Gasteiger partial charge in [0.25, 0.3) is 5.56 Å². The van der Waals surface area contributed by atoms with Crippen molar-refractivity contribution in [2.75, 3.05) is 33.3 Å². The number of hydrogen-bond acceptors (Lipinski definition) is 7. The first kappa shape index (κ1) is 20.0. The average molecular weight is 399 g/mol. The monoisotopic (exact) mass is 399 g/mol. The van der Waals surface area contributed by atoms with Gasteiger partial charge in [-0.05, 0) is 17.7 Å². The number of benzene rings is 2. The number of methoxy groups -OCH3 is 3. The largest absolute Gasteiger partial charge is 0.493 e. The second-order valence-corrected chi connectivity index (χ2v) is 6.30. The molecule has 0 amide bonds. The van der Waals surface area contributed by atoms with E-state index >= 15 is 0 Å². The third kappa shape index (κ3) is 3.79. The van der Waals surface area contributed by atoms with Gasteiger partial charge in [0.1, 0.15) is 5.39 Å². The van der Waals surface area contributed by atoms with Crippen LogP contribution in [-0.2, 0) is 6.54 Å². The van der Waals surface area contributed by atoms with E-state index in [9.17, 15) is 9.59 Å². The predicted molar refractivity (Wildman–Crippen MR) is 108 cm³/mol. The highest BCUT2D eigenvalue weighted by Crippen LogP contribution is 2.41. The summed E-state index contributed by atoms with van der Waals surface area (Å²) in [6, 6.07) is 8.22. The van der Waals surface area contributed by atoms with Gasteiger partial charge in [0.15, 0.2) is 11.5 Å². The number of aromatic amines is 1. The zero-order chi connectivity index (χ0) is 21.1. The number of H-pyrrole nitrogens is 1. The number of anilines is 1. The molecule has 0 aliphatic rings. The molecule has 0 aliphatic heterocycles. The van der Waals surface area contributed by atoms with Crippen molar-refractivity contribution in [1.29, 1.82) is 0 Å². The molecule has 1 aromatic heterocycles. The molecule has 0 atom stereocenters. The van der Waals surface area contributed by atoms with E-state index in [0.717, 1.165) is 5.56 Å². The zero-order valence-corrected chi connectivity index (χ0v) is 16.5. The normalized spacial score (nSPS) is 10.6. The maximum Gasteiger partial charge on any atom is 0.335 e. The Kier molecular flexibility index (Phi) is 5.58. The molecule has 9 nitrogen and oxygen atoms in total. The zero-order valence-electron chi connectivity index (χ0n) is 16.5. The second kappa shape index (κ2) is 8.09. The highest BCUT2D eigenvalue weighted by Gasteiger charge is 2.20. The average Bonchev–Trinajstić information content (AvgIpc) is 2.72. The molecule has 0 aliphatic carbocycles. The minimum Gasteiger partial charge on any atom is -0.493 e. The van der Waals surface area contributed by atoms with Crippen molar-refractivity contribution in [3.8, 4) is 17.2 Å². The van der Waals surface area contributed by atoms with Gasteiger partial charge in [-0.1, -0.05) is 12.1 Å². The number of aromatic carboxylic acids is 1. The van der Waals surface area contributed by atoms with E-state index in [2.05, 4.69) is 9.97 Å². The van der Waals surface area contributed by atoms with Crippen molar-refractivity contribution >= 4 is 22.8 Å². The molecule has 9 heteroatoms. The quantitative estimate of drug-likeness (QED) is 0.622. The first-order valence-corrected chi connectivity index (χ1v) is 8.66. The summed E-state index contributed by atoms with van der Waals surface area (Å²) in [5.41, 5.74) is 0.941. The van der Waals surface area contributed by atoms with Crippen LogP contribution in [0.4, 0.5) is 5.95 Å². The minimum absolute atomic E-state index is 0.192. The van der Waals surface area contributed by atoms with Gasteiger partial charge in [-0.15, -0.1) is 0 Å². The second-order valence-electron chi connectivity index (χ2n) is 6.30. The van der Waals surface area contributed by atoms with Crippen LogP contribution in [0.1, 0.15) is 15.9 Å². The fraction of sp³-hybridized carbons (Fsp3) is 0.250. The van der Waals surface area contributed by atoms with Crippen LogP contribution < -0.4 is 24.7 Å². The summed E-state index contributed by atoms with van der Waals surface area (Å²) in [5.74, 6) is 0.263. The molecule has 152 valence electrons. The third-order valence-electron chi connectivity index (χ3n) is 4.45. The number of nitrogens with zero attached hydrogens (tertiary/aromatic N) is 2. The summed E-state index contributed by atoms with van der Waals surface area (Å²) in [7, 11) is 6.13. The van der Waals surface area contributed by atoms with Gasteiger partial charge in [-0.25, -0.2) is 4.79 Å². The fourth-order valence-electron chi connectivity index (χ4n) is 3.10. The molecule has 0 unspecified atom stereocenters. The van der Waals surface area contributed by atoms with E-state index in [4.69, 9.17) is 19.3 Å². The number of carboxylic acids is 1. The van der Waals surface area contributed by atoms with E-state index < -0.39 is 11.5 Å². The first-order chi connectivity index (χ1) is 13.9. The van der Waals surface area contributed by atoms with Crippen LogP contribution in [0.2, 0.25) is 0 Å². The molecule has 29 heavy (non-hydrogen) atoms. The summed E-state index contributed by atoms with van der Waals surface area (Å²) in [6.45, 7) is 0.347. The highest BCUT2D eigenvalue weighted by atomic mass is 16.5. The number of hydrogen-bond donors (Lipinski definition) is 2. The molecule has 2 N–H and O–H groups in total. The fourth-order valence-corrected chi connectivity index (χ4v) is 3.10. The number of nitrogens with one attached hydrogen (secondary N) is 1. The Hall–Kier alpha value is -3.75. The predicted octanol–water partition coefficient (Wildman–Crippen LogP) is 2.28. The van der Waals surface area contributed by atoms with Gasteiger partial charge in [0, 0.05) is 19.7 Å². The summed E-state index contributed by atoms with van der Waals surface area (Å²) in [4.78, 5) is 32.8. The van der Waals surface area contributed by atoms with E-state index in [1.54, 1.807) is 36.2 Å². The van der Waals surface area contributed by atoms with Crippen molar-refractivity contribution < 1.29 is 24.1 Å². The molecule has 1 heterocycles. The van der Waals surface area contributed by atoms with Crippen LogP contribution in [-0.4, -0.2) is 49.4 Å². The lowest BCUT2D eigenvalue weighted by atomic mass is 10.1. The summed E-state index contributed by atoms with van der Waals surface area (Å²) in [6.07, 6.45) is 0. The number of rotatable bonds is 7. The van der Waals surface area contributed by atoms with Crippen molar-refractivity contribution in [1.82, 2.24) is 9.97 Å². The molecule has 0 saturated heterocycles. The standard InChI is InChI=1S/C20H21N3O6/c1-23(10-11-6-5-7-12(8-11)19(25)26)20-21-13-9-14(27-2)16(28-3)17(29-4)15(13)18(24)22-20/h5-9H,10H2,1-4H3,(H,25,26)(H,21,22,24). The van der Waals surface area contributed by atoms with Crippen LogP contribution in [0.15, 0.2) is 35.1 Å². The number of ether oxygens (including phenoxy) is 3. The molecule has 0 bridgehead atoms. The van der Waals surface area contributed by atoms with Crippen molar-refractivity contribution in [3.05, 3.63) is 51.8 Å². The van der Waals surface area contributed by atoms with E-state index in [1.807, 2.05) is 0 Å². The van der Waals surface area contributed by atoms with Gasteiger partial charge in [0.05, 0.1) is 32.4 Å². The van der Waals surface area contributed by atoms with Gasteiger partial charge >= 0.3 is 5.97 Å². The maximum absolute atomic E-state index is 12.7. The van der Waals surface area contributed by atoms with Crippen molar-refractivity contribution in [2.24, 2.45) is 0 Å². The number of carboxylic acid groups (broad SMARTS) is 1. The van der Waals surface area contributed by atoms with E-state index in [1.165, 1.54) is 27.4 Å². The van der Waals surface area contributed by atoms with Crippen LogP contribution in [0.3, 0.4) is 0 Å². The first-order valence-electron chi connectivity index (χ1n) is 8.66. The van der Waals surface area contributed by atoms with Gasteiger partial charge in [-0.3, -0.25) is 4.79 Å². The topological polar surface area (TPSA) is 114 Å². The number of carbonyl (C=O) groups is 1. The maximum atomic E-state index is 12.7. The molecule has 3 aromatic rings. The summed E-state index contributed by atoms with van der Waals surface area (Å²) in [5, 5.41) is 9.39. The lowest BCUT2D eigenvalue weighted by molar-refractivity contribution is 0.0696. The van der Waals surface area contributed by atoms with Crippen LogP contribution in [0, 0.1) is 0 Å². The molecule has 0 radical (unpaired) electrons. The molecule has 3 rings (SSSR count). The Morgan fingerprint density at radius 3 is 2.48 bits per heavy atom. The third-order valence-corrected chi connectivity index (χ3v) is 4.45. The number of aromatic nitrogens is 2. The van der Waals surface area contributed by atoms with Gasteiger partial charge < -0.3 is 29.2 Å². The molecule has 0 fully saturated rings. The molecular weight excluding hydrogens is 378 g/mol. The van der Waals surface area contributed by atoms with Gasteiger partial charge in [-0.2, -0.15) is 4.98 Å². The molecular formula is C20H21N3O6. The number of fused-ring (bicyclic) bond motifs is 1. The molecule has 0 spiro atoms. The Morgan fingerprint density at radius 2 is 1.86 bits per heavy atom. The van der Waals surface area contributed by atoms with Crippen LogP contribution in [0.25, 0.3) is 10.9 Å². The summed E-state index contributed by atoms with van der Waals surface area (Å²) >= 11 is 0. The lowest BCUT2D eigenvalue weighted by Gasteiger charge is -2.19.